The van der Waals surface area contributed by atoms with Gasteiger partial charge in [0.25, 0.3) is 0 Å². The number of unbranched alkanes of at least 4 members (excludes halogenated alkanes) is 3. The van der Waals surface area contributed by atoms with E-state index in [0.717, 1.165) is 18.8 Å². The molecule has 1 aromatic rings. The summed E-state index contributed by atoms with van der Waals surface area (Å²) < 4.78 is 6.00. The van der Waals surface area contributed by atoms with Crippen LogP contribution in [0.2, 0.25) is 0 Å². The number of allylic oxidation sites excluding steroid dienone is 2. The van der Waals surface area contributed by atoms with Crippen molar-refractivity contribution in [1.82, 2.24) is 0 Å². The van der Waals surface area contributed by atoms with E-state index in [0.29, 0.717) is 11.3 Å². The lowest BCUT2D eigenvalue weighted by atomic mass is 9.67. The number of ether oxygens (including phenoxy) is 1. The van der Waals surface area contributed by atoms with Crippen LogP contribution in [0.1, 0.15) is 141 Å². The quantitative estimate of drug-likeness (QED) is 0.207. The Morgan fingerprint density at radius 3 is 2.31 bits per heavy atom. The van der Waals surface area contributed by atoms with Gasteiger partial charge in [-0.05, 0) is 99.7 Å². The van der Waals surface area contributed by atoms with Crippen LogP contribution in [0.5, 0.6) is 5.75 Å². The Hall–Kier alpha value is -1.24. The van der Waals surface area contributed by atoms with Crippen molar-refractivity contribution in [1.29, 1.82) is 0 Å². The summed E-state index contributed by atoms with van der Waals surface area (Å²) in [6, 6.07) is 9.22. The topological polar surface area (TPSA) is 9.23 Å². The summed E-state index contributed by atoms with van der Waals surface area (Å²) in [5, 5.41) is 0. The van der Waals surface area contributed by atoms with Gasteiger partial charge in [0.05, 0.1) is 6.61 Å². The number of hydrogen-bond donors (Lipinski definition) is 0. The summed E-state index contributed by atoms with van der Waals surface area (Å²) in [5.41, 5.74) is 3.90. The fourth-order valence-electron chi connectivity index (χ4n) is 6.13. The van der Waals surface area contributed by atoms with Gasteiger partial charge in [-0.2, -0.15) is 0 Å². The van der Waals surface area contributed by atoms with Crippen molar-refractivity contribution in [2.75, 3.05) is 6.61 Å². The third-order valence-electron chi connectivity index (χ3n) is 8.26. The summed E-state index contributed by atoms with van der Waals surface area (Å²) in [4.78, 5) is 0. The van der Waals surface area contributed by atoms with Crippen LogP contribution in [-0.2, 0) is 0 Å². The van der Waals surface area contributed by atoms with Gasteiger partial charge in [0.1, 0.15) is 5.75 Å². The Morgan fingerprint density at radius 1 is 0.844 bits per heavy atom. The van der Waals surface area contributed by atoms with E-state index >= 15 is 0 Å². The van der Waals surface area contributed by atoms with Gasteiger partial charge >= 0.3 is 0 Å². The highest BCUT2D eigenvalue weighted by Gasteiger charge is 2.32. The highest BCUT2D eigenvalue weighted by molar-refractivity contribution is 5.30. The highest BCUT2D eigenvalue weighted by atomic mass is 16.5. The van der Waals surface area contributed by atoms with Crippen LogP contribution in [-0.4, -0.2) is 6.61 Å². The SMILES string of the molecule is CCCCCOc1ccc(C(CCC2(CCCC)CCCCC2)CC2=CCCCC2)cc1. The van der Waals surface area contributed by atoms with Gasteiger partial charge in [0.2, 0.25) is 0 Å². The zero-order valence-corrected chi connectivity index (χ0v) is 21.3. The maximum atomic E-state index is 6.00. The van der Waals surface area contributed by atoms with Crippen LogP contribution < -0.4 is 4.74 Å². The largest absolute Gasteiger partial charge is 0.494 e. The molecule has 180 valence electrons. The molecular weight excluding hydrogens is 388 g/mol. The van der Waals surface area contributed by atoms with Crippen LogP contribution in [0.15, 0.2) is 35.9 Å². The van der Waals surface area contributed by atoms with Crippen molar-refractivity contribution >= 4 is 0 Å². The molecule has 0 amide bonds. The van der Waals surface area contributed by atoms with E-state index in [1.807, 2.05) is 0 Å². The fourth-order valence-corrected chi connectivity index (χ4v) is 6.13. The average molecular weight is 439 g/mol. The fraction of sp³-hybridized carbons (Fsp3) is 0.742. The standard InChI is InChI=1S/C31H50O/c1-3-5-13-25-32-30-18-16-28(17-19-30)29(26-27-14-9-7-10-15-27)20-24-31(21-6-4-2)22-11-8-12-23-31/h14,16-19,29H,3-13,15,20-26H2,1-2H3. The molecule has 2 aliphatic rings. The normalized spacial score (nSPS) is 19.4. The smallest absolute Gasteiger partial charge is 0.119 e. The first kappa shape index (κ1) is 25.4. The molecule has 1 nitrogen and oxygen atoms in total. The van der Waals surface area contributed by atoms with Crippen LogP contribution in [0.25, 0.3) is 0 Å². The summed E-state index contributed by atoms with van der Waals surface area (Å²) in [5.74, 6) is 1.72. The van der Waals surface area contributed by atoms with Gasteiger partial charge in [-0.1, -0.05) is 82.6 Å². The Kier molecular flexibility index (Phi) is 11.2. The van der Waals surface area contributed by atoms with E-state index in [4.69, 9.17) is 4.74 Å². The maximum absolute atomic E-state index is 6.00. The molecular formula is C31H50O. The first-order valence-corrected chi connectivity index (χ1v) is 14.2. The maximum Gasteiger partial charge on any atom is 0.119 e. The Morgan fingerprint density at radius 2 is 1.62 bits per heavy atom. The molecule has 3 rings (SSSR count). The molecule has 0 heterocycles. The minimum absolute atomic E-state index is 0.635. The van der Waals surface area contributed by atoms with Crippen molar-refractivity contribution in [3.8, 4) is 5.75 Å². The van der Waals surface area contributed by atoms with Crippen LogP contribution in [0.3, 0.4) is 0 Å². The van der Waals surface area contributed by atoms with Gasteiger partial charge in [-0.15, -0.1) is 0 Å². The molecule has 0 radical (unpaired) electrons. The van der Waals surface area contributed by atoms with Crippen LogP contribution in [0, 0.1) is 5.41 Å². The molecule has 1 unspecified atom stereocenters. The van der Waals surface area contributed by atoms with Gasteiger partial charge < -0.3 is 4.74 Å². The van der Waals surface area contributed by atoms with E-state index in [-0.39, 0.29) is 0 Å². The molecule has 0 N–H and O–H groups in total. The monoisotopic (exact) mass is 438 g/mol. The lowest BCUT2D eigenvalue weighted by Crippen LogP contribution is -2.25. The first-order valence-electron chi connectivity index (χ1n) is 14.2. The summed E-state index contributed by atoms with van der Waals surface area (Å²) in [6.07, 6.45) is 27.3. The molecule has 1 atom stereocenters. The van der Waals surface area contributed by atoms with E-state index in [2.05, 4.69) is 44.2 Å². The highest BCUT2D eigenvalue weighted by Crippen LogP contribution is 2.46. The summed E-state index contributed by atoms with van der Waals surface area (Å²) >= 11 is 0. The van der Waals surface area contributed by atoms with Crippen LogP contribution >= 0.6 is 0 Å². The Bertz CT molecular complexity index is 650. The molecule has 2 aliphatic carbocycles. The Labute approximate surface area is 199 Å². The van der Waals surface area contributed by atoms with Crippen molar-refractivity contribution < 1.29 is 4.74 Å². The van der Waals surface area contributed by atoms with E-state index in [9.17, 15) is 0 Å². The number of benzene rings is 1. The van der Waals surface area contributed by atoms with Gasteiger partial charge in [-0.3, -0.25) is 0 Å². The molecule has 1 saturated carbocycles. The van der Waals surface area contributed by atoms with Crippen molar-refractivity contribution in [2.24, 2.45) is 5.41 Å². The second-order valence-electron chi connectivity index (χ2n) is 10.8. The van der Waals surface area contributed by atoms with E-state index in [1.54, 1.807) is 11.1 Å². The van der Waals surface area contributed by atoms with Crippen LogP contribution in [0.4, 0.5) is 0 Å². The summed E-state index contributed by atoms with van der Waals surface area (Å²) in [7, 11) is 0. The number of hydrogen-bond acceptors (Lipinski definition) is 1. The Balaban J connectivity index is 1.66. The van der Waals surface area contributed by atoms with E-state index < -0.39 is 0 Å². The van der Waals surface area contributed by atoms with Crippen molar-refractivity contribution in [3.05, 3.63) is 41.5 Å². The van der Waals surface area contributed by atoms with Crippen molar-refractivity contribution in [3.63, 3.8) is 0 Å². The molecule has 0 spiro atoms. The predicted molar refractivity (Wildman–Crippen MR) is 140 cm³/mol. The lowest BCUT2D eigenvalue weighted by Gasteiger charge is -2.39. The average Bonchev–Trinajstić information content (AvgIpc) is 2.85. The molecule has 1 aromatic carbocycles. The number of rotatable bonds is 14. The molecule has 1 heteroatoms. The minimum atomic E-state index is 0.635. The molecule has 32 heavy (non-hydrogen) atoms. The first-order chi connectivity index (χ1) is 15.7. The van der Waals surface area contributed by atoms with Gasteiger partial charge in [0.15, 0.2) is 0 Å². The van der Waals surface area contributed by atoms with E-state index in [1.165, 1.54) is 109 Å². The molecule has 0 bridgehead atoms. The lowest BCUT2D eigenvalue weighted by molar-refractivity contribution is 0.145. The van der Waals surface area contributed by atoms with Gasteiger partial charge in [0, 0.05) is 0 Å². The molecule has 1 fully saturated rings. The van der Waals surface area contributed by atoms with Crippen molar-refractivity contribution in [2.45, 2.75) is 135 Å². The second-order valence-corrected chi connectivity index (χ2v) is 10.8. The third kappa shape index (κ3) is 8.27. The minimum Gasteiger partial charge on any atom is -0.494 e. The molecule has 0 aromatic heterocycles. The summed E-state index contributed by atoms with van der Waals surface area (Å²) in [6.45, 7) is 5.46. The molecule has 0 aliphatic heterocycles. The van der Waals surface area contributed by atoms with Gasteiger partial charge in [-0.25, -0.2) is 0 Å². The zero-order chi connectivity index (χ0) is 22.5. The zero-order valence-electron chi connectivity index (χ0n) is 21.3. The predicted octanol–water partition coefficient (Wildman–Crippen LogP) is 10.2. The molecule has 0 saturated heterocycles. The second kappa shape index (κ2) is 14.1. The third-order valence-corrected chi connectivity index (χ3v) is 8.26.